The van der Waals surface area contributed by atoms with Crippen molar-refractivity contribution in [3.63, 3.8) is 0 Å². The molecular weight excluding hydrogens is 254 g/mol. The normalized spacial score (nSPS) is 12.1. The number of carboxylic acid groups (broad SMARTS) is 1. The summed E-state index contributed by atoms with van der Waals surface area (Å²) in [6.45, 7) is 3.58. The summed E-state index contributed by atoms with van der Waals surface area (Å²) in [7, 11) is 0. The Bertz CT molecular complexity index is 266. The Balaban J connectivity index is 3.41. The van der Waals surface area contributed by atoms with Crippen molar-refractivity contribution >= 4 is 11.9 Å². The van der Waals surface area contributed by atoms with Crippen LogP contribution in [-0.4, -0.2) is 23.0 Å². The van der Waals surface area contributed by atoms with Crippen molar-refractivity contribution in [2.45, 2.75) is 90.5 Å². The molecule has 0 rings (SSSR count). The molecule has 4 heteroatoms. The molecule has 0 aliphatic carbocycles. The van der Waals surface area contributed by atoms with Gasteiger partial charge in [-0.15, -0.1) is 0 Å². The van der Waals surface area contributed by atoms with Crippen LogP contribution < -0.4 is 5.32 Å². The molecule has 1 atom stereocenters. The number of rotatable bonds is 13. The molecule has 0 fully saturated rings. The Labute approximate surface area is 123 Å². The van der Waals surface area contributed by atoms with Gasteiger partial charge in [-0.05, 0) is 6.42 Å². The summed E-state index contributed by atoms with van der Waals surface area (Å²) in [5.74, 6) is -1.21. The maximum atomic E-state index is 10.9. The van der Waals surface area contributed by atoms with E-state index in [0.717, 1.165) is 12.8 Å². The average molecular weight is 285 g/mol. The molecule has 0 aromatic carbocycles. The van der Waals surface area contributed by atoms with Crippen LogP contribution in [0.5, 0.6) is 0 Å². The molecule has 2 N–H and O–H groups in total. The minimum Gasteiger partial charge on any atom is -0.480 e. The highest BCUT2D eigenvalue weighted by Gasteiger charge is 2.17. The first-order valence-electron chi connectivity index (χ1n) is 8.07. The summed E-state index contributed by atoms with van der Waals surface area (Å²) in [6, 6.07) is -0.721. The van der Waals surface area contributed by atoms with E-state index in [0.29, 0.717) is 6.42 Å². The SMILES string of the molecule is CCCCCCCCCCCC[C@H](NC(C)=O)C(=O)O. The molecule has 0 aliphatic heterocycles. The van der Waals surface area contributed by atoms with Gasteiger partial charge in [0, 0.05) is 6.92 Å². The number of aliphatic carboxylic acids is 1. The molecular formula is C16H31NO3. The van der Waals surface area contributed by atoms with Crippen LogP contribution >= 0.6 is 0 Å². The van der Waals surface area contributed by atoms with Gasteiger partial charge in [-0.2, -0.15) is 0 Å². The second-order valence-corrected chi connectivity index (χ2v) is 5.56. The molecule has 0 aromatic rings. The van der Waals surface area contributed by atoms with Gasteiger partial charge in [-0.3, -0.25) is 4.79 Å². The van der Waals surface area contributed by atoms with Gasteiger partial charge in [0.1, 0.15) is 6.04 Å². The van der Waals surface area contributed by atoms with Gasteiger partial charge in [0.2, 0.25) is 5.91 Å². The van der Waals surface area contributed by atoms with E-state index in [1.54, 1.807) is 0 Å². The second-order valence-electron chi connectivity index (χ2n) is 5.56. The van der Waals surface area contributed by atoms with E-state index >= 15 is 0 Å². The molecule has 0 saturated heterocycles. The number of hydrogen-bond acceptors (Lipinski definition) is 2. The standard InChI is InChI=1S/C16H31NO3/c1-3-4-5-6-7-8-9-10-11-12-13-15(16(19)20)17-14(2)18/h15H,3-13H2,1-2H3,(H,17,18)(H,19,20)/t15-/m0/s1. The van der Waals surface area contributed by atoms with Crippen molar-refractivity contribution in [1.29, 1.82) is 0 Å². The molecule has 0 aromatic heterocycles. The highest BCUT2D eigenvalue weighted by molar-refractivity contribution is 5.81. The molecule has 118 valence electrons. The largest absolute Gasteiger partial charge is 0.480 e. The molecule has 20 heavy (non-hydrogen) atoms. The van der Waals surface area contributed by atoms with Gasteiger partial charge >= 0.3 is 5.97 Å². The van der Waals surface area contributed by atoms with Crippen LogP contribution in [0.25, 0.3) is 0 Å². The summed E-state index contributed by atoms with van der Waals surface area (Å²) >= 11 is 0. The first kappa shape index (κ1) is 18.9. The molecule has 1 amide bonds. The average Bonchev–Trinajstić information content (AvgIpc) is 2.39. The quantitative estimate of drug-likeness (QED) is 0.505. The third-order valence-electron chi connectivity index (χ3n) is 3.52. The van der Waals surface area contributed by atoms with E-state index in [-0.39, 0.29) is 5.91 Å². The zero-order valence-electron chi connectivity index (χ0n) is 13.1. The molecule has 0 aliphatic rings. The summed E-state index contributed by atoms with van der Waals surface area (Å²) in [5.41, 5.74) is 0. The van der Waals surface area contributed by atoms with Gasteiger partial charge in [0.15, 0.2) is 0 Å². The number of amides is 1. The first-order chi connectivity index (χ1) is 9.57. The number of carboxylic acids is 1. The number of carbonyl (C=O) groups excluding carboxylic acids is 1. The highest BCUT2D eigenvalue weighted by atomic mass is 16.4. The molecule has 0 unspecified atom stereocenters. The summed E-state index contributed by atoms with van der Waals surface area (Å²) in [6.07, 6.45) is 12.8. The molecule has 0 radical (unpaired) electrons. The fourth-order valence-corrected chi connectivity index (χ4v) is 2.34. The Morgan fingerprint density at radius 3 is 1.75 bits per heavy atom. The fraction of sp³-hybridized carbons (Fsp3) is 0.875. The fourth-order valence-electron chi connectivity index (χ4n) is 2.34. The van der Waals surface area contributed by atoms with E-state index < -0.39 is 12.0 Å². The van der Waals surface area contributed by atoms with E-state index in [9.17, 15) is 9.59 Å². The van der Waals surface area contributed by atoms with Crippen molar-refractivity contribution in [2.75, 3.05) is 0 Å². The topological polar surface area (TPSA) is 66.4 Å². The van der Waals surface area contributed by atoms with E-state index in [2.05, 4.69) is 12.2 Å². The second kappa shape index (κ2) is 12.9. The summed E-state index contributed by atoms with van der Waals surface area (Å²) < 4.78 is 0. The van der Waals surface area contributed by atoms with E-state index in [4.69, 9.17) is 5.11 Å². The van der Waals surface area contributed by atoms with Crippen LogP contribution in [0, 0.1) is 0 Å². The first-order valence-corrected chi connectivity index (χ1v) is 8.07. The van der Waals surface area contributed by atoms with Crippen molar-refractivity contribution in [3.05, 3.63) is 0 Å². The van der Waals surface area contributed by atoms with Crippen LogP contribution in [0.3, 0.4) is 0 Å². The van der Waals surface area contributed by atoms with Crippen molar-refractivity contribution in [1.82, 2.24) is 5.32 Å². The lowest BCUT2D eigenvalue weighted by molar-refractivity contribution is -0.141. The predicted octanol–water partition coefficient (Wildman–Crippen LogP) is 3.89. The lowest BCUT2D eigenvalue weighted by Gasteiger charge is -2.12. The van der Waals surface area contributed by atoms with Crippen LogP contribution in [0.1, 0.15) is 84.5 Å². The van der Waals surface area contributed by atoms with Crippen LogP contribution in [-0.2, 0) is 9.59 Å². The van der Waals surface area contributed by atoms with E-state index in [1.807, 2.05) is 0 Å². The molecule has 0 heterocycles. The van der Waals surface area contributed by atoms with Crippen molar-refractivity contribution in [3.8, 4) is 0 Å². The molecule has 0 bridgehead atoms. The van der Waals surface area contributed by atoms with Crippen molar-refractivity contribution < 1.29 is 14.7 Å². The number of unbranched alkanes of at least 4 members (excludes halogenated alkanes) is 9. The zero-order chi connectivity index (χ0) is 15.2. The van der Waals surface area contributed by atoms with Gasteiger partial charge in [-0.25, -0.2) is 4.79 Å². The minimum absolute atomic E-state index is 0.274. The number of hydrogen-bond donors (Lipinski definition) is 2. The summed E-state index contributed by atoms with van der Waals surface area (Å²) in [5, 5.41) is 11.4. The van der Waals surface area contributed by atoms with Crippen molar-refractivity contribution in [2.24, 2.45) is 0 Å². The molecule has 0 saturated carbocycles. The Hall–Kier alpha value is -1.06. The Kier molecular flexibility index (Phi) is 12.3. The van der Waals surface area contributed by atoms with Crippen LogP contribution in [0.2, 0.25) is 0 Å². The van der Waals surface area contributed by atoms with Gasteiger partial charge < -0.3 is 10.4 Å². The Morgan fingerprint density at radius 2 is 1.35 bits per heavy atom. The van der Waals surface area contributed by atoms with Crippen LogP contribution in [0.15, 0.2) is 0 Å². The number of nitrogens with one attached hydrogen (secondary N) is 1. The smallest absolute Gasteiger partial charge is 0.326 e. The molecule has 0 spiro atoms. The monoisotopic (exact) mass is 285 g/mol. The zero-order valence-corrected chi connectivity index (χ0v) is 13.1. The Morgan fingerprint density at radius 1 is 0.900 bits per heavy atom. The minimum atomic E-state index is -0.934. The lowest BCUT2D eigenvalue weighted by Crippen LogP contribution is -2.39. The van der Waals surface area contributed by atoms with Crippen LogP contribution in [0.4, 0.5) is 0 Å². The maximum Gasteiger partial charge on any atom is 0.326 e. The van der Waals surface area contributed by atoms with Gasteiger partial charge in [0.05, 0.1) is 0 Å². The van der Waals surface area contributed by atoms with E-state index in [1.165, 1.54) is 58.3 Å². The predicted molar refractivity (Wildman–Crippen MR) is 81.7 cm³/mol. The third-order valence-corrected chi connectivity index (χ3v) is 3.52. The highest BCUT2D eigenvalue weighted by Crippen LogP contribution is 2.12. The summed E-state index contributed by atoms with van der Waals surface area (Å²) in [4.78, 5) is 21.8. The maximum absolute atomic E-state index is 10.9. The number of carbonyl (C=O) groups is 2. The van der Waals surface area contributed by atoms with Gasteiger partial charge in [-0.1, -0.05) is 71.1 Å². The molecule has 4 nitrogen and oxygen atoms in total. The lowest BCUT2D eigenvalue weighted by atomic mass is 10.0. The van der Waals surface area contributed by atoms with Gasteiger partial charge in [0.25, 0.3) is 0 Å². The third kappa shape index (κ3) is 12.0.